The zero-order valence-electron chi connectivity index (χ0n) is 31.9. The molecule has 2 aliphatic rings. The molecule has 3 heterocycles. The van der Waals surface area contributed by atoms with Crippen molar-refractivity contribution in [3.8, 4) is 5.69 Å². The van der Waals surface area contributed by atoms with Crippen molar-refractivity contribution >= 4 is 29.9 Å². The van der Waals surface area contributed by atoms with Gasteiger partial charge in [0.2, 0.25) is 5.91 Å². The number of carbonyl (C=O) groups is 4. The molecule has 1 aromatic heterocycles. The van der Waals surface area contributed by atoms with Crippen LogP contribution in [0.3, 0.4) is 0 Å². The average molecular weight is 725 g/mol. The number of piperidine rings is 1. The van der Waals surface area contributed by atoms with Gasteiger partial charge in [-0.25, -0.2) is 19.2 Å². The highest BCUT2D eigenvalue weighted by molar-refractivity contribution is 5.88. The maximum atomic E-state index is 13.0. The number of alkyl carbamates (subject to hydrolysis) is 2. The van der Waals surface area contributed by atoms with Crippen molar-refractivity contribution < 1.29 is 28.7 Å². The fraction of sp³-hybridized carbons (Fsp3) is 0.622. The minimum Gasteiger partial charge on any atom is -0.444 e. The predicted molar refractivity (Wildman–Crippen MR) is 198 cm³/mol. The molecule has 0 spiro atoms. The highest BCUT2D eigenvalue weighted by Crippen LogP contribution is 2.17. The number of likely N-dealkylation sites (tertiary alicyclic amines) is 1. The Labute approximate surface area is 306 Å². The third kappa shape index (κ3) is 12.8. The second kappa shape index (κ2) is 16.8. The maximum absolute atomic E-state index is 13.0. The van der Waals surface area contributed by atoms with E-state index >= 15 is 0 Å². The number of piperazine rings is 1. The molecule has 3 N–H and O–H groups in total. The number of benzene rings is 1. The van der Waals surface area contributed by atoms with Crippen molar-refractivity contribution in [2.45, 2.75) is 104 Å². The van der Waals surface area contributed by atoms with Crippen LogP contribution in [0.5, 0.6) is 0 Å². The third-order valence-electron chi connectivity index (χ3n) is 8.63. The summed E-state index contributed by atoms with van der Waals surface area (Å²) in [6.07, 6.45) is 3.32. The quantitative estimate of drug-likeness (QED) is 0.345. The monoisotopic (exact) mass is 724 g/mol. The molecule has 0 bridgehead atoms. The molecular formula is C37H56N8O7. The molecule has 286 valence electrons. The summed E-state index contributed by atoms with van der Waals surface area (Å²) in [6.45, 7) is 18.4. The molecule has 0 atom stereocenters. The molecule has 15 heteroatoms. The van der Waals surface area contributed by atoms with Crippen LogP contribution in [0.15, 0.2) is 41.3 Å². The Kier molecular flexibility index (Phi) is 12.9. The molecule has 52 heavy (non-hydrogen) atoms. The van der Waals surface area contributed by atoms with E-state index in [1.807, 2.05) is 45.0 Å². The number of carbonyl (C=O) groups excluding carboxylic acids is 4. The van der Waals surface area contributed by atoms with Crippen molar-refractivity contribution in [1.82, 2.24) is 34.9 Å². The maximum Gasteiger partial charge on any atom is 0.408 e. The number of amides is 5. The van der Waals surface area contributed by atoms with Crippen LogP contribution in [0.25, 0.3) is 5.69 Å². The van der Waals surface area contributed by atoms with Gasteiger partial charge in [-0.05, 0) is 98.4 Å². The predicted octanol–water partition coefficient (Wildman–Crippen LogP) is 4.13. The summed E-state index contributed by atoms with van der Waals surface area (Å²) in [4.78, 5) is 72.8. The summed E-state index contributed by atoms with van der Waals surface area (Å²) in [5.41, 5.74) is -0.687. The standard InChI is InChI=1S/C37H56N8O7/c1-35(2,3)51-33(49)38-27-14-18-42(19-15-27)17-13-26-9-11-28(12-10-26)45-20-16-29(40-32(45)48)39-31(47)44-23-21-43(22-24-44)30(46)25-37(7,8)41-34(50)52-36(4,5)6/h9-12,16,20,27H,13-15,17-19,21-25H2,1-8H3,(H,38,49)(H,41,50)(H,39,40,47,48). The van der Waals surface area contributed by atoms with E-state index in [-0.39, 0.29) is 30.3 Å². The van der Waals surface area contributed by atoms with Gasteiger partial charge in [-0.1, -0.05) is 12.1 Å². The Morgan fingerprint density at radius 2 is 1.37 bits per heavy atom. The van der Waals surface area contributed by atoms with Crippen molar-refractivity contribution in [3.05, 3.63) is 52.6 Å². The van der Waals surface area contributed by atoms with Crippen LogP contribution in [0.1, 0.15) is 80.2 Å². The van der Waals surface area contributed by atoms with Gasteiger partial charge < -0.3 is 34.8 Å². The minimum absolute atomic E-state index is 0.0817. The summed E-state index contributed by atoms with van der Waals surface area (Å²) < 4.78 is 12.1. The molecule has 0 saturated carbocycles. The van der Waals surface area contributed by atoms with Crippen molar-refractivity contribution in [2.24, 2.45) is 0 Å². The van der Waals surface area contributed by atoms with Gasteiger partial charge in [0, 0.05) is 70.0 Å². The van der Waals surface area contributed by atoms with Crippen LogP contribution in [-0.4, -0.2) is 117 Å². The number of nitrogens with one attached hydrogen (secondary N) is 3. The van der Waals surface area contributed by atoms with Gasteiger partial charge in [0.15, 0.2) is 0 Å². The van der Waals surface area contributed by atoms with E-state index in [0.717, 1.165) is 44.5 Å². The lowest BCUT2D eigenvalue weighted by molar-refractivity contribution is -0.133. The van der Waals surface area contributed by atoms with Crippen LogP contribution >= 0.6 is 0 Å². The Morgan fingerprint density at radius 1 is 0.788 bits per heavy atom. The average Bonchev–Trinajstić information content (AvgIpc) is 3.02. The molecule has 2 aliphatic heterocycles. The van der Waals surface area contributed by atoms with Crippen molar-refractivity contribution in [3.63, 3.8) is 0 Å². The topological polar surface area (TPSA) is 167 Å². The number of anilines is 1. The van der Waals surface area contributed by atoms with Crippen LogP contribution in [0.2, 0.25) is 0 Å². The first kappa shape index (κ1) is 40.1. The first-order valence-corrected chi connectivity index (χ1v) is 18.0. The van der Waals surface area contributed by atoms with Gasteiger partial charge in [0.1, 0.15) is 17.0 Å². The third-order valence-corrected chi connectivity index (χ3v) is 8.63. The highest BCUT2D eigenvalue weighted by atomic mass is 16.6. The number of nitrogens with zero attached hydrogens (tertiary/aromatic N) is 5. The molecule has 2 fully saturated rings. The highest BCUT2D eigenvalue weighted by Gasteiger charge is 2.31. The molecule has 15 nitrogen and oxygen atoms in total. The molecule has 5 amide bonds. The molecule has 1 aromatic carbocycles. The SMILES string of the molecule is CC(C)(CC(=O)N1CCN(C(=O)Nc2ccn(-c3ccc(CCN4CCC(NC(=O)OC(C)(C)C)CC4)cc3)c(=O)n2)CC1)NC(=O)OC(C)(C)C. The van der Waals surface area contributed by atoms with E-state index < -0.39 is 34.6 Å². The number of ether oxygens (including phenoxy) is 2. The van der Waals surface area contributed by atoms with Crippen LogP contribution in [0.4, 0.5) is 20.2 Å². The summed E-state index contributed by atoms with van der Waals surface area (Å²) in [5.74, 6) is 0.00654. The van der Waals surface area contributed by atoms with Gasteiger partial charge >= 0.3 is 23.9 Å². The molecule has 0 unspecified atom stereocenters. The summed E-state index contributed by atoms with van der Waals surface area (Å²) in [5, 5.41) is 8.43. The lowest BCUT2D eigenvalue weighted by atomic mass is 10.00. The minimum atomic E-state index is -0.814. The Morgan fingerprint density at radius 3 is 1.94 bits per heavy atom. The Balaban J connectivity index is 1.19. The van der Waals surface area contributed by atoms with E-state index in [1.165, 1.54) is 4.57 Å². The number of hydrogen-bond donors (Lipinski definition) is 3. The first-order chi connectivity index (χ1) is 24.2. The second-order valence-corrected chi connectivity index (χ2v) is 16.1. The smallest absolute Gasteiger partial charge is 0.408 e. The molecule has 0 radical (unpaired) electrons. The van der Waals surface area contributed by atoms with Gasteiger partial charge in [-0.2, -0.15) is 4.98 Å². The van der Waals surface area contributed by atoms with Gasteiger partial charge in [-0.15, -0.1) is 0 Å². The van der Waals surface area contributed by atoms with E-state index in [2.05, 4.69) is 25.8 Å². The fourth-order valence-electron chi connectivity index (χ4n) is 6.02. The van der Waals surface area contributed by atoms with E-state index in [4.69, 9.17) is 9.47 Å². The van der Waals surface area contributed by atoms with E-state index in [9.17, 15) is 24.0 Å². The Bertz CT molecular complexity index is 1610. The summed E-state index contributed by atoms with van der Waals surface area (Å²) in [7, 11) is 0. The van der Waals surface area contributed by atoms with E-state index in [1.54, 1.807) is 56.7 Å². The second-order valence-electron chi connectivity index (χ2n) is 16.1. The zero-order valence-corrected chi connectivity index (χ0v) is 31.9. The normalized spacial score (nSPS) is 16.2. The Hall–Kier alpha value is -4.66. The van der Waals surface area contributed by atoms with Gasteiger partial charge in [-0.3, -0.25) is 14.7 Å². The van der Waals surface area contributed by atoms with Crippen molar-refractivity contribution in [1.29, 1.82) is 0 Å². The largest absolute Gasteiger partial charge is 0.444 e. The number of hydrogen-bond acceptors (Lipinski definition) is 9. The van der Waals surface area contributed by atoms with Crippen LogP contribution in [0, 0.1) is 0 Å². The molecular weight excluding hydrogens is 668 g/mol. The van der Waals surface area contributed by atoms with Gasteiger partial charge in [0.25, 0.3) is 0 Å². The summed E-state index contributed by atoms with van der Waals surface area (Å²) in [6, 6.07) is 9.04. The molecule has 4 rings (SSSR count). The van der Waals surface area contributed by atoms with Crippen LogP contribution in [-0.2, 0) is 20.7 Å². The lowest BCUT2D eigenvalue weighted by Crippen LogP contribution is -2.54. The zero-order chi connectivity index (χ0) is 38.3. The lowest BCUT2D eigenvalue weighted by Gasteiger charge is -2.36. The van der Waals surface area contributed by atoms with Crippen LogP contribution < -0.4 is 21.6 Å². The fourth-order valence-corrected chi connectivity index (χ4v) is 6.02. The number of rotatable bonds is 9. The number of aromatic nitrogens is 2. The molecule has 0 aliphatic carbocycles. The van der Waals surface area contributed by atoms with E-state index in [0.29, 0.717) is 31.9 Å². The summed E-state index contributed by atoms with van der Waals surface area (Å²) >= 11 is 0. The van der Waals surface area contributed by atoms with Gasteiger partial charge in [0.05, 0.1) is 5.69 Å². The molecule has 2 saturated heterocycles. The molecule has 2 aromatic rings. The van der Waals surface area contributed by atoms with Crippen molar-refractivity contribution in [2.75, 3.05) is 51.1 Å². The first-order valence-electron chi connectivity index (χ1n) is 18.0. The number of urea groups is 1.